The first-order valence-corrected chi connectivity index (χ1v) is 7.22. The molecule has 1 aliphatic rings. The summed E-state index contributed by atoms with van der Waals surface area (Å²) in [6, 6.07) is 0. The zero-order valence-electron chi connectivity index (χ0n) is 12.5. The van der Waals surface area contributed by atoms with E-state index in [1.54, 1.807) is 0 Å². The predicted octanol–water partition coefficient (Wildman–Crippen LogP) is 2.68. The van der Waals surface area contributed by atoms with Crippen molar-refractivity contribution < 1.29 is 14.7 Å². The lowest BCUT2D eigenvalue weighted by Gasteiger charge is -2.29. The molecule has 0 spiro atoms. The quantitative estimate of drug-likeness (QED) is 0.824. The largest absolute Gasteiger partial charge is 0.481 e. The van der Waals surface area contributed by atoms with Crippen molar-refractivity contribution in [2.24, 2.45) is 23.2 Å². The van der Waals surface area contributed by atoms with Gasteiger partial charge in [-0.3, -0.25) is 9.59 Å². The van der Waals surface area contributed by atoms with Gasteiger partial charge in [0.15, 0.2) is 0 Å². The Kier molecular flexibility index (Phi) is 5.39. The van der Waals surface area contributed by atoms with Gasteiger partial charge in [-0.2, -0.15) is 0 Å². The van der Waals surface area contributed by atoms with Crippen LogP contribution >= 0.6 is 0 Å². The van der Waals surface area contributed by atoms with Crippen LogP contribution in [0.5, 0.6) is 0 Å². The third kappa shape index (κ3) is 4.84. The third-order valence-electron chi connectivity index (χ3n) is 4.51. The summed E-state index contributed by atoms with van der Waals surface area (Å²) in [5.41, 5.74) is 0.189. The van der Waals surface area contributed by atoms with E-state index in [9.17, 15) is 9.59 Å². The van der Waals surface area contributed by atoms with E-state index in [4.69, 9.17) is 5.11 Å². The number of carbonyl (C=O) groups is 2. The van der Waals surface area contributed by atoms with Gasteiger partial charge in [0, 0.05) is 12.5 Å². The van der Waals surface area contributed by atoms with E-state index >= 15 is 0 Å². The molecule has 0 bridgehead atoms. The molecule has 2 N–H and O–H groups in total. The Balaban J connectivity index is 2.34. The highest BCUT2D eigenvalue weighted by molar-refractivity contribution is 5.79. The molecule has 0 aliphatic heterocycles. The molecule has 0 radical (unpaired) electrons. The average Bonchev–Trinajstić information content (AvgIpc) is 2.34. The summed E-state index contributed by atoms with van der Waals surface area (Å²) in [5.74, 6) is -0.452. The zero-order valence-corrected chi connectivity index (χ0v) is 12.5. The smallest absolute Gasteiger partial charge is 0.306 e. The second kappa shape index (κ2) is 6.40. The van der Waals surface area contributed by atoms with Gasteiger partial charge >= 0.3 is 5.97 Å². The van der Waals surface area contributed by atoms with Crippen molar-refractivity contribution in [1.29, 1.82) is 0 Å². The Morgan fingerprint density at radius 3 is 2.05 bits per heavy atom. The van der Waals surface area contributed by atoms with Crippen molar-refractivity contribution in [2.45, 2.75) is 53.4 Å². The lowest BCUT2D eigenvalue weighted by molar-refractivity contribution is -0.144. The molecule has 0 aromatic heterocycles. The van der Waals surface area contributed by atoms with E-state index in [1.807, 2.05) is 0 Å². The second-order valence-electron chi connectivity index (χ2n) is 6.90. The first kappa shape index (κ1) is 16.0. The molecular formula is C15H27NO3. The minimum atomic E-state index is -0.722. The maximum atomic E-state index is 12.0. The van der Waals surface area contributed by atoms with Gasteiger partial charge in [-0.25, -0.2) is 0 Å². The summed E-state index contributed by atoms with van der Waals surface area (Å²) in [5, 5.41) is 11.9. The third-order valence-corrected chi connectivity index (χ3v) is 4.51. The molecule has 0 heterocycles. The molecule has 110 valence electrons. The Hall–Kier alpha value is -1.06. The van der Waals surface area contributed by atoms with E-state index in [-0.39, 0.29) is 23.2 Å². The number of hydrogen-bond donors (Lipinski definition) is 2. The Labute approximate surface area is 116 Å². The Bertz CT molecular complexity index is 325. The van der Waals surface area contributed by atoms with Crippen molar-refractivity contribution in [2.75, 3.05) is 6.54 Å². The predicted molar refractivity (Wildman–Crippen MR) is 74.7 cm³/mol. The van der Waals surface area contributed by atoms with Crippen LogP contribution in [0.25, 0.3) is 0 Å². The van der Waals surface area contributed by atoms with E-state index in [0.717, 1.165) is 0 Å². The van der Waals surface area contributed by atoms with Crippen LogP contribution in [0.2, 0.25) is 0 Å². The fraction of sp³-hybridized carbons (Fsp3) is 0.867. The fourth-order valence-corrected chi connectivity index (χ4v) is 2.31. The van der Waals surface area contributed by atoms with E-state index in [1.165, 1.54) is 0 Å². The van der Waals surface area contributed by atoms with Gasteiger partial charge in [0.25, 0.3) is 0 Å². The van der Waals surface area contributed by atoms with Gasteiger partial charge in [-0.15, -0.1) is 0 Å². The van der Waals surface area contributed by atoms with Gasteiger partial charge in [0.2, 0.25) is 5.91 Å². The number of amides is 1. The molecule has 1 atom stereocenters. The van der Waals surface area contributed by atoms with Crippen LogP contribution in [0, 0.1) is 23.2 Å². The first-order valence-electron chi connectivity index (χ1n) is 7.22. The molecule has 0 aromatic carbocycles. The molecule has 1 aliphatic carbocycles. The number of hydrogen-bond acceptors (Lipinski definition) is 2. The summed E-state index contributed by atoms with van der Waals surface area (Å²) in [6.45, 7) is 9.34. The maximum absolute atomic E-state index is 12.0. The normalized spacial score (nSPS) is 25.7. The maximum Gasteiger partial charge on any atom is 0.306 e. The number of carboxylic acids is 1. The summed E-state index contributed by atoms with van der Waals surface area (Å²) >= 11 is 0. The van der Waals surface area contributed by atoms with Gasteiger partial charge in [-0.05, 0) is 37.0 Å². The highest BCUT2D eigenvalue weighted by Gasteiger charge is 2.30. The van der Waals surface area contributed by atoms with Crippen LogP contribution in [0.1, 0.15) is 53.4 Å². The SMILES string of the molecule is CC(CNC(=O)C1CCC(C(=O)O)CC1)C(C)(C)C. The molecule has 1 amide bonds. The van der Waals surface area contributed by atoms with Gasteiger partial charge in [-0.1, -0.05) is 27.7 Å². The highest BCUT2D eigenvalue weighted by Crippen LogP contribution is 2.29. The average molecular weight is 269 g/mol. The molecule has 0 aromatic rings. The minimum absolute atomic E-state index is 0.00256. The second-order valence-corrected chi connectivity index (χ2v) is 6.90. The molecular weight excluding hydrogens is 242 g/mol. The minimum Gasteiger partial charge on any atom is -0.481 e. The van der Waals surface area contributed by atoms with Crippen LogP contribution in [-0.4, -0.2) is 23.5 Å². The molecule has 19 heavy (non-hydrogen) atoms. The van der Waals surface area contributed by atoms with Gasteiger partial charge < -0.3 is 10.4 Å². The first-order chi connectivity index (χ1) is 8.71. The monoisotopic (exact) mass is 269 g/mol. The van der Waals surface area contributed by atoms with Crippen LogP contribution in [0.4, 0.5) is 0 Å². The molecule has 1 saturated carbocycles. The molecule has 4 heteroatoms. The van der Waals surface area contributed by atoms with Crippen molar-refractivity contribution >= 4 is 11.9 Å². The molecule has 1 fully saturated rings. The number of aliphatic carboxylic acids is 1. The molecule has 1 rings (SSSR count). The summed E-state index contributed by atoms with van der Waals surface area (Å²) in [6.07, 6.45) is 2.66. The number of nitrogens with one attached hydrogen (secondary N) is 1. The number of carboxylic acid groups (broad SMARTS) is 1. The van der Waals surface area contributed by atoms with Crippen molar-refractivity contribution in [3.05, 3.63) is 0 Å². The van der Waals surface area contributed by atoms with Crippen molar-refractivity contribution in [1.82, 2.24) is 5.32 Å². The molecule has 0 saturated heterocycles. The van der Waals surface area contributed by atoms with Gasteiger partial charge in [0.1, 0.15) is 0 Å². The summed E-state index contributed by atoms with van der Waals surface area (Å²) < 4.78 is 0. The molecule has 1 unspecified atom stereocenters. The Morgan fingerprint density at radius 2 is 1.63 bits per heavy atom. The number of carbonyl (C=O) groups excluding carboxylic acids is 1. The zero-order chi connectivity index (χ0) is 14.6. The fourth-order valence-electron chi connectivity index (χ4n) is 2.31. The summed E-state index contributed by atoms with van der Waals surface area (Å²) in [7, 11) is 0. The van der Waals surface area contributed by atoms with Crippen LogP contribution in [-0.2, 0) is 9.59 Å². The summed E-state index contributed by atoms with van der Waals surface area (Å²) in [4.78, 5) is 22.9. The highest BCUT2D eigenvalue weighted by atomic mass is 16.4. The van der Waals surface area contributed by atoms with Crippen molar-refractivity contribution in [3.8, 4) is 0 Å². The lowest BCUT2D eigenvalue weighted by Crippen LogP contribution is -2.38. The molecule has 4 nitrogen and oxygen atoms in total. The lowest BCUT2D eigenvalue weighted by atomic mass is 9.80. The standard InChI is InChI=1S/C15H27NO3/c1-10(15(2,3)4)9-16-13(17)11-5-7-12(8-6-11)14(18)19/h10-12H,5-9H2,1-4H3,(H,16,17)(H,18,19). The van der Waals surface area contributed by atoms with Crippen molar-refractivity contribution in [3.63, 3.8) is 0 Å². The van der Waals surface area contributed by atoms with E-state index in [2.05, 4.69) is 33.0 Å². The van der Waals surface area contributed by atoms with Crippen LogP contribution in [0.3, 0.4) is 0 Å². The van der Waals surface area contributed by atoms with Gasteiger partial charge in [0.05, 0.1) is 5.92 Å². The van der Waals surface area contributed by atoms with E-state index in [0.29, 0.717) is 38.1 Å². The Morgan fingerprint density at radius 1 is 1.16 bits per heavy atom. The van der Waals surface area contributed by atoms with Crippen LogP contribution in [0.15, 0.2) is 0 Å². The topological polar surface area (TPSA) is 66.4 Å². The van der Waals surface area contributed by atoms with E-state index < -0.39 is 5.97 Å². The van der Waals surface area contributed by atoms with Crippen LogP contribution < -0.4 is 5.32 Å². The number of rotatable bonds is 4.